The molecule has 0 saturated heterocycles. The van der Waals surface area contributed by atoms with Crippen LogP contribution in [0, 0.1) is 0 Å². The van der Waals surface area contributed by atoms with Crippen molar-refractivity contribution in [1.82, 2.24) is 0 Å². The average Bonchev–Trinajstić information content (AvgIpc) is 2.52. The second-order valence-electron chi connectivity index (χ2n) is 6.00. The molecule has 0 radical (unpaired) electrons. The van der Waals surface area contributed by atoms with Gasteiger partial charge in [0.25, 0.3) is 0 Å². The fraction of sp³-hybridized carbons (Fsp3) is 0.529. The zero-order chi connectivity index (χ0) is 17.0. The Labute approximate surface area is 136 Å². The Morgan fingerprint density at radius 1 is 1.48 bits per heavy atom. The summed E-state index contributed by atoms with van der Waals surface area (Å²) >= 11 is 0. The number of carbonyl (C=O) groups excluding carboxylic acids is 1. The summed E-state index contributed by atoms with van der Waals surface area (Å²) in [5.41, 5.74) is 0.834. The molecule has 0 aromatic heterocycles. The van der Waals surface area contributed by atoms with Crippen LogP contribution < -0.4 is 9.47 Å². The summed E-state index contributed by atoms with van der Waals surface area (Å²) in [5.74, 6) is 0.659. The van der Waals surface area contributed by atoms with E-state index in [1.54, 1.807) is 19.9 Å². The number of aliphatic hydroxyl groups is 1. The third kappa shape index (κ3) is 4.22. The van der Waals surface area contributed by atoms with Crippen molar-refractivity contribution in [3.05, 3.63) is 23.8 Å². The van der Waals surface area contributed by atoms with Gasteiger partial charge in [0.1, 0.15) is 6.61 Å². The summed E-state index contributed by atoms with van der Waals surface area (Å²) in [5, 5.41) is 9.26. The molecule has 2 rings (SSSR count). The van der Waals surface area contributed by atoms with Crippen LogP contribution in [0.4, 0.5) is 0 Å². The van der Waals surface area contributed by atoms with Crippen molar-refractivity contribution in [1.29, 1.82) is 0 Å². The molecular formula is C17H23NO5. The lowest BCUT2D eigenvalue weighted by Crippen LogP contribution is -2.49. The van der Waals surface area contributed by atoms with Crippen LogP contribution >= 0.6 is 0 Å². The fourth-order valence-corrected chi connectivity index (χ4v) is 2.30. The quantitative estimate of drug-likeness (QED) is 0.661. The van der Waals surface area contributed by atoms with Crippen molar-refractivity contribution in [3.8, 4) is 11.5 Å². The van der Waals surface area contributed by atoms with Crippen LogP contribution in [0.2, 0.25) is 0 Å². The number of hydrogen-bond acceptors (Lipinski definition) is 6. The molecule has 0 spiro atoms. The number of nitrogens with zero attached hydrogens (tertiary/aromatic N) is 1. The molecule has 2 atom stereocenters. The van der Waals surface area contributed by atoms with Crippen LogP contribution in [-0.2, 0) is 16.0 Å². The lowest BCUT2D eigenvalue weighted by molar-refractivity contribution is -0.162. The number of esters is 1. The van der Waals surface area contributed by atoms with Crippen molar-refractivity contribution in [3.63, 3.8) is 0 Å². The smallest absolute Gasteiger partial charge is 0.353 e. The van der Waals surface area contributed by atoms with Gasteiger partial charge >= 0.3 is 5.97 Å². The van der Waals surface area contributed by atoms with Crippen molar-refractivity contribution in [2.24, 2.45) is 4.99 Å². The number of ether oxygens (including phenoxy) is 3. The monoisotopic (exact) mass is 321 g/mol. The first kappa shape index (κ1) is 17.3. The lowest BCUT2D eigenvalue weighted by Gasteiger charge is -2.33. The second-order valence-corrected chi connectivity index (χ2v) is 6.00. The highest BCUT2D eigenvalue weighted by Crippen LogP contribution is 2.36. The maximum absolute atomic E-state index is 11.8. The van der Waals surface area contributed by atoms with Gasteiger partial charge < -0.3 is 19.3 Å². The Hall–Kier alpha value is -2.08. The molecule has 0 amide bonds. The number of carbonyl (C=O) groups is 1. The van der Waals surface area contributed by atoms with E-state index in [4.69, 9.17) is 14.2 Å². The summed E-state index contributed by atoms with van der Waals surface area (Å²) in [6.45, 7) is 5.77. The number of methoxy groups -OCH3 is 1. The molecule has 1 aliphatic rings. The van der Waals surface area contributed by atoms with E-state index in [2.05, 4.69) is 4.99 Å². The first-order valence-electron chi connectivity index (χ1n) is 7.55. The standard InChI is InChI=1S/C17H23NO5/c1-11(18-9-12(2)19)7-13-5-6-14-15(8-13)22-10-17(3,23-14)16(20)21-4/h5-6,8,12,19H,7,9-10H2,1-4H3. The van der Waals surface area contributed by atoms with E-state index in [1.807, 2.05) is 19.1 Å². The number of hydrogen-bond donors (Lipinski definition) is 1. The zero-order valence-electron chi connectivity index (χ0n) is 14.0. The molecule has 2 unspecified atom stereocenters. The van der Waals surface area contributed by atoms with Crippen molar-refractivity contribution < 1.29 is 24.1 Å². The molecule has 1 aromatic carbocycles. The summed E-state index contributed by atoms with van der Waals surface area (Å²) < 4.78 is 16.2. The molecule has 1 heterocycles. The summed E-state index contributed by atoms with van der Waals surface area (Å²) in [7, 11) is 1.32. The number of fused-ring (bicyclic) bond motifs is 1. The fourth-order valence-electron chi connectivity index (χ4n) is 2.30. The van der Waals surface area contributed by atoms with Crippen molar-refractivity contribution >= 4 is 11.7 Å². The van der Waals surface area contributed by atoms with Gasteiger partial charge in [0.05, 0.1) is 19.8 Å². The Balaban J connectivity index is 2.10. The molecule has 126 valence electrons. The van der Waals surface area contributed by atoms with E-state index in [-0.39, 0.29) is 6.61 Å². The predicted octanol–water partition coefficient (Wildman–Crippen LogP) is 1.77. The van der Waals surface area contributed by atoms with Crippen LogP contribution in [0.1, 0.15) is 26.3 Å². The molecule has 1 aliphatic heterocycles. The van der Waals surface area contributed by atoms with Gasteiger partial charge in [0, 0.05) is 12.1 Å². The first-order valence-corrected chi connectivity index (χ1v) is 7.55. The summed E-state index contributed by atoms with van der Waals surface area (Å²) in [6.07, 6.45) is 0.221. The second kappa shape index (κ2) is 7.00. The summed E-state index contributed by atoms with van der Waals surface area (Å²) in [6, 6.07) is 5.58. The van der Waals surface area contributed by atoms with Crippen molar-refractivity contribution in [2.75, 3.05) is 20.3 Å². The zero-order valence-corrected chi connectivity index (χ0v) is 14.0. The predicted molar refractivity (Wildman–Crippen MR) is 86.3 cm³/mol. The van der Waals surface area contributed by atoms with Crippen LogP contribution in [0.3, 0.4) is 0 Å². The lowest BCUT2D eigenvalue weighted by atomic mass is 10.0. The van der Waals surface area contributed by atoms with Gasteiger partial charge in [-0.3, -0.25) is 4.99 Å². The van der Waals surface area contributed by atoms with E-state index in [0.29, 0.717) is 24.5 Å². The molecule has 1 N–H and O–H groups in total. The van der Waals surface area contributed by atoms with Gasteiger partial charge in [0.15, 0.2) is 11.5 Å². The number of rotatable bonds is 5. The molecule has 6 heteroatoms. The van der Waals surface area contributed by atoms with Crippen LogP contribution in [-0.4, -0.2) is 48.8 Å². The third-order valence-electron chi connectivity index (χ3n) is 3.55. The Kier molecular flexibility index (Phi) is 5.26. The highest BCUT2D eigenvalue weighted by atomic mass is 16.6. The van der Waals surface area contributed by atoms with Gasteiger partial charge in [0.2, 0.25) is 5.60 Å². The van der Waals surface area contributed by atoms with Gasteiger partial charge in [-0.15, -0.1) is 0 Å². The molecule has 0 bridgehead atoms. The van der Waals surface area contributed by atoms with Crippen LogP contribution in [0.15, 0.2) is 23.2 Å². The number of aliphatic imine (C=N–C) groups is 1. The molecule has 1 aromatic rings. The average molecular weight is 321 g/mol. The van der Waals surface area contributed by atoms with E-state index in [9.17, 15) is 9.90 Å². The Morgan fingerprint density at radius 2 is 2.22 bits per heavy atom. The molecule has 0 fully saturated rings. The van der Waals surface area contributed by atoms with Crippen LogP contribution in [0.5, 0.6) is 11.5 Å². The summed E-state index contributed by atoms with van der Waals surface area (Å²) in [4.78, 5) is 16.1. The minimum atomic E-state index is -1.13. The van der Waals surface area contributed by atoms with Gasteiger partial charge in [-0.2, -0.15) is 0 Å². The maximum Gasteiger partial charge on any atom is 0.353 e. The van der Waals surface area contributed by atoms with E-state index >= 15 is 0 Å². The Bertz CT molecular complexity index is 611. The normalized spacial score (nSPS) is 21.7. The SMILES string of the molecule is COC(=O)C1(C)COc2cc(CC(C)=NCC(C)O)ccc2O1. The first-order chi connectivity index (χ1) is 10.8. The largest absolute Gasteiger partial charge is 0.485 e. The molecule has 0 saturated carbocycles. The van der Waals surface area contributed by atoms with Crippen molar-refractivity contribution in [2.45, 2.75) is 38.9 Å². The molecule has 6 nitrogen and oxygen atoms in total. The minimum absolute atomic E-state index is 0.102. The minimum Gasteiger partial charge on any atom is -0.485 e. The maximum atomic E-state index is 11.8. The number of aliphatic hydroxyl groups excluding tert-OH is 1. The van der Waals surface area contributed by atoms with Crippen LogP contribution in [0.25, 0.3) is 0 Å². The number of benzene rings is 1. The van der Waals surface area contributed by atoms with Gasteiger partial charge in [-0.1, -0.05) is 6.07 Å². The highest BCUT2D eigenvalue weighted by Gasteiger charge is 2.41. The molecule has 23 heavy (non-hydrogen) atoms. The van der Waals surface area contributed by atoms with Gasteiger partial charge in [-0.05, 0) is 38.5 Å². The highest BCUT2D eigenvalue weighted by molar-refractivity contribution is 5.84. The van der Waals surface area contributed by atoms with E-state index < -0.39 is 17.7 Å². The van der Waals surface area contributed by atoms with Gasteiger partial charge in [-0.25, -0.2) is 4.79 Å². The molecular weight excluding hydrogens is 298 g/mol. The third-order valence-corrected chi connectivity index (χ3v) is 3.55. The molecule has 0 aliphatic carbocycles. The van der Waals surface area contributed by atoms with E-state index in [0.717, 1.165) is 11.3 Å². The van der Waals surface area contributed by atoms with E-state index in [1.165, 1.54) is 7.11 Å². The Morgan fingerprint density at radius 3 is 2.87 bits per heavy atom. The topological polar surface area (TPSA) is 77.4 Å².